The molecule has 0 aromatic carbocycles. The van der Waals surface area contributed by atoms with Gasteiger partial charge in [0, 0.05) is 13.8 Å². The Morgan fingerprint density at radius 2 is 1.90 bits per heavy atom. The molecule has 2 heterocycles. The lowest BCUT2D eigenvalue weighted by atomic mass is 10.2. The molecule has 0 amide bonds. The van der Waals surface area contributed by atoms with E-state index in [9.17, 15) is 4.79 Å². The zero-order valence-corrected chi connectivity index (χ0v) is 14.3. The lowest BCUT2D eigenvalue weighted by molar-refractivity contribution is -0.168. The third-order valence-corrected chi connectivity index (χ3v) is 8.56. The number of cyclic esters (lactones) is 1. The quantitative estimate of drug-likeness (QED) is 0.592. The first-order valence-electron chi connectivity index (χ1n) is 6.88. The summed E-state index contributed by atoms with van der Waals surface area (Å²) in [5.74, 6) is -0.282. The first-order valence-corrected chi connectivity index (χ1v) is 9.79. The van der Waals surface area contributed by atoms with Crippen molar-refractivity contribution in [3.8, 4) is 0 Å². The fraction of sp³-hybridized carbons (Fsp3) is 0.786. The van der Waals surface area contributed by atoms with Crippen molar-refractivity contribution in [1.82, 2.24) is 0 Å². The van der Waals surface area contributed by atoms with Gasteiger partial charge in [0.2, 0.25) is 11.9 Å². The lowest BCUT2D eigenvalue weighted by Crippen LogP contribution is -2.41. The van der Waals surface area contributed by atoms with Crippen LogP contribution >= 0.6 is 0 Å². The summed E-state index contributed by atoms with van der Waals surface area (Å²) in [5.41, 5.74) is 0. The van der Waals surface area contributed by atoms with E-state index in [0.717, 1.165) is 0 Å². The minimum atomic E-state index is -1.90. The molecule has 2 aliphatic heterocycles. The fourth-order valence-electron chi connectivity index (χ4n) is 1.83. The molecule has 0 aromatic heterocycles. The van der Waals surface area contributed by atoms with Crippen molar-refractivity contribution in [2.24, 2.45) is 0 Å². The Morgan fingerprint density at radius 3 is 2.45 bits per heavy atom. The van der Waals surface area contributed by atoms with Crippen molar-refractivity contribution in [1.29, 1.82) is 0 Å². The molecule has 1 saturated heterocycles. The van der Waals surface area contributed by atoms with E-state index in [1.54, 1.807) is 13.8 Å². The molecule has 0 saturated carbocycles. The molecule has 2 rings (SSSR count). The fourth-order valence-corrected chi connectivity index (χ4v) is 2.75. The molecular formula is C14H24O5Si. The number of hydrogen-bond acceptors (Lipinski definition) is 5. The monoisotopic (exact) mass is 300 g/mol. The Bertz CT molecular complexity index is 459. The van der Waals surface area contributed by atoms with Gasteiger partial charge in [-0.3, -0.25) is 0 Å². The van der Waals surface area contributed by atoms with Crippen LogP contribution in [0.4, 0.5) is 0 Å². The average molecular weight is 300 g/mol. The van der Waals surface area contributed by atoms with Crippen LogP contribution in [0.15, 0.2) is 11.5 Å². The van der Waals surface area contributed by atoms with Crippen molar-refractivity contribution in [3.63, 3.8) is 0 Å². The van der Waals surface area contributed by atoms with Crippen LogP contribution in [-0.4, -0.2) is 32.8 Å². The molecule has 20 heavy (non-hydrogen) atoms. The van der Waals surface area contributed by atoms with E-state index in [4.69, 9.17) is 18.6 Å². The Hall–Kier alpha value is -0.853. The predicted molar refractivity (Wildman–Crippen MR) is 76.3 cm³/mol. The molecule has 5 nitrogen and oxygen atoms in total. The van der Waals surface area contributed by atoms with Crippen LogP contribution in [0.5, 0.6) is 0 Å². The normalized spacial score (nSPS) is 25.6. The van der Waals surface area contributed by atoms with E-state index in [1.807, 2.05) is 0 Å². The zero-order valence-electron chi connectivity index (χ0n) is 13.3. The van der Waals surface area contributed by atoms with Gasteiger partial charge in [0.15, 0.2) is 19.8 Å². The maximum Gasteiger partial charge on any atom is 0.348 e. The third kappa shape index (κ3) is 2.77. The van der Waals surface area contributed by atoms with Gasteiger partial charge in [-0.15, -0.1) is 0 Å². The summed E-state index contributed by atoms with van der Waals surface area (Å²) < 4.78 is 22.5. The topological polar surface area (TPSA) is 54.0 Å². The number of carbonyl (C=O) groups is 1. The number of ether oxygens (including phenoxy) is 3. The Balaban J connectivity index is 2.11. The summed E-state index contributed by atoms with van der Waals surface area (Å²) in [6.45, 7) is 14.6. The second kappa shape index (κ2) is 4.58. The third-order valence-electron chi connectivity index (χ3n) is 4.08. The second-order valence-corrected chi connectivity index (χ2v) is 12.1. The molecule has 0 aliphatic carbocycles. The van der Waals surface area contributed by atoms with Gasteiger partial charge in [-0.05, 0) is 18.1 Å². The van der Waals surface area contributed by atoms with Gasteiger partial charge in [0.05, 0.1) is 6.61 Å². The van der Waals surface area contributed by atoms with Crippen LogP contribution in [0.1, 0.15) is 34.6 Å². The highest BCUT2D eigenvalue weighted by Gasteiger charge is 2.50. The van der Waals surface area contributed by atoms with Crippen LogP contribution in [-0.2, 0) is 23.4 Å². The number of esters is 1. The molecular weight excluding hydrogens is 276 g/mol. The van der Waals surface area contributed by atoms with Gasteiger partial charge in [0.25, 0.3) is 0 Å². The first-order chi connectivity index (χ1) is 8.93. The van der Waals surface area contributed by atoms with Crippen LogP contribution in [0, 0.1) is 0 Å². The Labute approximate surface area is 121 Å². The van der Waals surface area contributed by atoms with E-state index >= 15 is 0 Å². The van der Waals surface area contributed by atoms with E-state index < -0.39 is 26.2 Å². The van der Waals surface area contributed by atoms with E-state index in [1.165, 1.54) is 0 Å². The van der Waals surface area contributed by atoms with Gasteiger partial charge >= 0.3 is 5.97 Å². The summed E-state index contributed by atoms with van der Waals surface area (Å²) >= 11 is 0. The van der Waals surface area contributed by atoms with Crippen LogP contribution in [0.25, 0.3) is 0 Å². The smallest absolute Gasteiger partial charge is 0.348 e. The molecule has 6 heteroatoms. The number of carbonyl (C=O) groups excluding carboxylic acids is 1. The largest absolute Gasteiger partial charge is 0.460 e. The van der Waals surface area contributed by atoms with Crippen LogP contribution in [0.3, 0.4) is 0 Å². The summed E-state index contributed by atoms with van der Waals surface area (Å²) in [5, 5.41) is 0.104. The molecule has 0 unspecified atom stereocenters. The number of hydrogen-bond donors (Lipinski definition) is 0. The standard InChI is InChI=1S/C14H24O5Si/c1-13(2,3)20(6,7)16-8-9-10-11(12(15)17-9)19-14(4,5)18-10/h11H,8H2,1-7H3/t11-/m1/s1. The van der Waals surface area contributed by atoms with Crippen molar-refractivity contribution in [2.45, 2.75) is 64.6 Å². The molecule has 0 N–H and O–H groups in total. The lowest BCUT2D eigenvalue weighted by Gasteiger charge is -2.36. The first kappa shape index (κ1) is 15.5. The number of rotatable bonds is 3. The molecule has 1 atom stereocenters. The van der Waals surface area contributed by atoms with E-state index in [2.05, 4.69) is 33.9 Å². The van der Waals surface area contributed by atoms with Gasteiger partial charge in [-0.2, -0.15) is 0 Å². The molecule has 0 radical (unpaired) electrons. The van der Waals surface area contributed by atoms with Crippen molar-refractivity contribution in [3.05, 3.63) is 11.5 Å². The van der Waals surface area contributed by atoms with Crippen LogP contribution < -0.4 is 0 Å². The molecule has 0 bridgehead atoms. The number of fused-ring (bicyclic) bond motifs is 1. The summed E-state index contributed by atoms with van der Waals surface area (Å²) in [7, 11) is -1.90. The van der Waals surface area contributed by atoms with E-state index in [-0.39, 0.29) is 11.6 Å². The highest BCUT2D eigenvalue weighted by Crippen LogP contribution is 2.40. The van der Waals surface area contributed by atoms with Gasteiger partial charge in [-0.1, -0.05) is 20.8 Å². The molecule has 2 aliphatic rings. The van der Waals surface area contributed by atoms with E-state index in [0.29, 0.717) is 11.5 Å². The highest BCUT2D eigenvalue weighted by atomic mass is 28.4. The van der Waals surface area contributed by atoms with Crippen molar-refractivity contribution >= 4 is 14.3 Å². The summed E-state index contributed by atoms with van der Waals surface area (Å²) in [6, 6.07) is 0. The van der Waals surface area contributed by atoms with Gasteiger partial charge in [-0.25, -0.2) is 4.79 Å². The summed E-state index contributed by atoms with van der Waals surface area (Å²) in [6.07, 6.45) is -0.733. The zero-order chi connectivity index (χ0) is 15.3. The van der Waals surface area contributed by atoms with Crippen LogP contribution in [0.2, 0.25) is 18.1 Å². The average Bonchev–Trinajstić information content (AvgIpc) is 2.70. The Kier molecular flexibility index (Phi) is 3.55. The van der Waals surface area contributed by atoms with Crippen molar-refractivity contribution < 1.29 is 23.4 Å². The molecule has 0 aromatic rings. The van der Waals surface area contributed by atoms with Gasteiger partial charge in [0.1, 0.15) is 0 Å². The van der Waals surface area contributed by atoms with Gasteiger partial charge < -0.3 is 18.6 Å². The summed E-state index contributed by atoms with van der Waals surface area (Å²) in [4.78, 5) is 11.8. The predicted octanol–water partition coefficient (Wildman–Crippen LogP) is 2.93. The Morgan fingerprint density at radius 1 is 1.30 bits per heavy atom. The highest BCUT2D eigenvalue weighted by molar-refractivity contribution is 6.74. The maximum atomic E-state index is 11.8. The molecule has 114 valence electrons. The second-order valence-electron chi connectivity index (χ2n) is 7.26. The maximum absolute atomic E-state index is 11.8. The molecule has 1 fully saturated rings. The minimum absolute atomic E-state index is 0.104. The SMILES string of the molecule is CC1(C)OC2=C(CO[Si](C)(C)C(C)(C)C)OC(=O)[C@@H]2O1. The minimum Gasteiger partial charge on any atom is -0.460 e. The molecule has 0 spiro atoms. The van der Waals surface area contributed by atoms with Crippen molar-refractivity contribution in [2.75, 3.05) is 6.61 Å².